The van der Waals surface area contributed by atoms with Crippen molar-refractivity contribution in [3.8, 4) is 0 Å². The van der Waals surface area contributed by atoms with E-state index in [4.69, 9.17) is 5.84 Å². The minimum absolute atomic E-state index is 0.268. The first-order valence-corrected chi connectivity index (χ1v) is 7.78. The molecule has 0 saturated heterocycles. The Hall–Kier alpha value is -0.910. The van der Waals surface area contributed by atoms with Crippen molar-refractivity contribution in [3.05, 3.63) is 23.5 Å². The SMILES string of the molecule is CC(C)C(C(C)C)C(Cc1cn2ccsc2n1)NN. The van der Waals surface area contributed by atoms with Crippen molar-refractivity contribution >= 4 is 16.3 Å². The first-order chi connectivity index (χ1) is 9.02. The summed E-state index contributed by atoms with van der Waals surface area (Å²) in [6, 6.07) is 0.268. The van der Waals surface area contributed by atoms with E-state index >= 15 is 0 Å². The molecule has 5 heteroatoms. The Kier molecular flexibility index (Phi) is 4.60. The van der Waals surface area contributed by atoms with Crippen LogP contribution in [0.25, 0.3) is 4.96 Å². The third-order valence-electron chi connectivity index (χ3n) is 3.79. The summed E-state index contributed by atoms with van der Waals surface area (Å²) in [7, 11) is 0. The summed E-state index contributed by atoms with van der Waals surface area (Å²) in [5.41, 5.74) is 4.12. The maximum Gasteiger partial charge on any atom is 0.193 e. The van der Waals surface area contributed by atoms with Gasteiger partial charge in [-0.3, -0.25) is 15.7 Å². The van der Waals surface area contributed by atoms with Gasteiger partial charge < -0.3 is 0 Å². The Balaban J connectivity index is 2.15. The Morgan fingerprint density at radius 3 is 2.53 bits per heavy atom. The Morgan fingerprint density at radius 2 is 2.00 bits per heavy atom. The topological polar surface area (TPSA) is 55.3 Å². The minimum Gasteiger partial charge on any atom is -0.297 e. The number of nitrogens with one attached hydrogen (secondary N) is 1. The van der Waals surface area contributed by atoms with Crippen LogP contribution < -0.4 is 11.3 Å². The third-order valence-corrected chi connectivity index (χ3v) is 4.56. The van der Waals surface area contributed by atoms with Crippen molar-refractivity contribution in [3.63, 3.8) is 0 Å². The van der Waals surface area contributed by atoms with Crippen LogP contribution in [0.4, 0.5) is 0 Å². The molecule has 0 aliphatic rings. The van der Waals surface area contributed by atoms with Gasteiger partial charge in [0.15, 0.2) is 4.96 Å². The van der Waals surface area contributed by atoms with E-state index < -0.39 is 0 Å². The fraction of sp³-hybridized carbons (Fsp3) is 0.643. The van der Waals surface area contributed by atoms with Crippen molar-refractivity contribution in [1.82, 2.24) is 14.8 Å². The molecule has 0 spiro atoms. The molecule has 3 N–H and O–H groups in total. The van der Waals surface area contributed by atoms with Crippen LogP contribution in [-0.4, -0.2) is 15.4 Å². The average molecular weight is 280 g/mol. The van der Waals surface area contributed by atoms with E-state index in [1.54, 1.807) is 11.3 Å². The largest absolute Gasteiger partial charge is 0.297 e. The molecule has 0 aromatic carbocycles. The summed E-state index contributed by atoms with van der Waals surface area (Å²) in [5, 5.41) is 2.05. The molecule has 0 radical (unpaired) electrons. The molecule has 4 nitrogen and oxygen atoms in total. The molecule has 1 atom stereocenters. The predicted octanol–water partition coefficient (Wildman–Crippen LogP) is 2.70. The van der Waals surface area contributed by atoms with Crippen molar-refractivity contribution in [2.24, 2.45) is 23.6 Å². The van der Waals surface area contributed by atoms with Crippen molar-refractivity contribution in [2.45, 2.75) is 40.2 Å². The quantitative estimate of drug-likeness (QED) is 0.632. The number of nitrogens with two attached hydrogens (primary N) is 1. The average Bonchev–Trinajstić information content (AvgIpc) is 2.87. The molecule has 2 aromatic heterocycles. The number of hydrogen-bond acceptors (Lipinski definition) is 4. The number of fused-ring (bicyclic) bond motifs is 1. The highest BCUT2D eigenvalue weighted by Gasteiger charge is 2.27. The second-order valence-electron chi connectivity index (χ2n) is 5.87. The maximum absolute atomic E-state index is 5.78. The van der Waals surface area contributed by atoms with Crippen LogP contribution in [0.15, 0.2) is 17.8 Å². The molecule has 2 aromatic rings. The number of thiazole rings is 1. The van der Waals surface area contributed by atoms with E-state index in [1.165, 1.54) is 0 Å². The first-order valence-electron chi connectivity index (χ1n) is 6.90. The number of aromatic nitrogens is 2. The summed E-state index contributed by atoms with van der Waals surface area (Å²) in [4.78, 5) is 5.70. The molecule has 0 saturated carbocycles. The zero-order valence-electron chi connectivity index (χ0n) is 12.1. The lowest BCUT2D eigenvalue weighted by molar-refractivity contribution is 0.207. The van der Waals surface area contributed by atoms with Crippen molar-refractivity contribution in [1.29, 1.82) is 0 Å². The standard InChI is InChI=1S/C14H24N4S/c1-9(2)13(10(3)4)12(17-15)7-11-8-18-5-6-19-14(18)16-11/h5-6,8-10,12-13,17H,7,15H2,1-4H3. The number of rotatable bonds is 6. The van der Waals surface area contributed by atoms with Crippen LogP contribution in [0, 0.1) is 17.8 Å². The molecule has 0 amide bonds. The number of nitrogens with zero attached hydrogens (tertiary/aromatic N) is 2. The fourth-order valence-corrected chi connectivity index (χ4v) is 3.82. The molecule has 19 heavy (non-hydrogen) atoms. The lowest BCUT2D eigenvalue weighted by Crippen LogP contribution is -2.46. The highest BCUT2D eigenvalue weighted by Crippen LogP contribution is 2.26. The summed E-state index contributed by atoms with van der Waals surface area (Å²) in [6.45, 7) is 9.06. The van der Waals surface area contributed by atoms with Gasteiger partial charge >= 0.3 is 0 Å². The molecule has 2 heterocycles. The van der Waals surface area contributed by atoms with Crippen LogP contribution in [0.3, 0.4) is 0 Å². The summed E-state index contributed by atoms with van der Waals surface area (Å²) < 4.78 is 2.08. The van der Waals surface area contributed by atoms with Gasteiger partial charge in [0.05, 0.1) is 5.69 Å². The molecule has 1 unspecified atom stereocenters. The highest BCUT2D eigenvalue weighted by atomic mass is 32.1. The lowest BCUT2D eigenvalue weighted by atomic mass is 9.78. The maximum atomic E-state index is 5.78. The molecule has 0 fully saturated rings. The van der Waals surface area contributed by atoms with Gasteiger partial charge in [-0.1, -0.05) is 27.7 Å². The fourth-order valence-electron chi connectivity index (χ4n) is 3.10. The van der Waals surface area contributed by atoms with E-state index in [0.717, 1.165) is 17.1 Å². The zero-order valence-corrected chi connectivity index (χ0v) is 12.9. The van der Waals surface area contributed by atoms with Gasteiger partial charge in [-0.2, -0.15) is 0 Å². The Morgan fingerprint density at radius 1 is 1.32 bits per heavy atom. The Labute approximate surface area is 119 Å². The third kappa shape index (κ3) is 3.16. The normalized spacial score (nSPS) is 14.1. The molecular formula is C14H24N4S. The monoisotopic (exact) mass is 280 g/mol. The van der Waals surface area contributed by atoms with Gasteiger partial charge in [0.1, 0.15) is 0 Å². The minimum atomic E-state index is 0.268. The van der Waals surface area contributed by atoms with Crippen molar-refractivity contribution in [2.75, 3.05) is 0 Å². The van der Waals surface area contributed by atoms with Gasteiger partial charge in [0.2, 0.25) is 0 Å². The van der Waals surface area contributed by atoms with Crippen LogP contribution in [0.1, 0.15) is 33.4 Å². The summed E-state index contributed by atoms with van der Waals surface area (Å²) in [5.74, 6) is 7.53. The second-order valence-corrected chi connectivity index (χ2v) is 6.74. The first kappa shape index (κ1) is 14.5. The summed E-state index contributed by atoms with van der Waals surface area (Å²) in [6.07, 6.45) is 5.03. The highest BCUT2D eigenvalue weighted by molar-refractivity contribution is 7.15. The number of hydrazine groups is 1. The molecule has 2 rings (SSSR count). The van der Waals surface area contributed by atoms with E-state index in [-0.39, 0.29) is 6.04 Å². The predicted molar refractivity (Wildman–Crippen MR) is 81.1 cm³/mol. The molecule has 0 aliphatic heterocycles. The number of hydrogen-bond donors (Lipinski definition) is 2. The molecule has 106 valence electrons. The van der Waals surface area contributed by atoms with Gasteiger partial charge in [-0.15, -0.1) is 11.3 Å². The van der Waals surface area contributed by atoms with E-state index in [1.807, 2.05) is 6.20 Å². The van der Waals surface area contributed by atoms with Crippen LogP contribution in [0.2, 0.25) is 0 Å². The number of imidazole rings is 1. The van der Waals surface area contributed by atoms with Gasteiger partial charge in [-0.05, 0) is 17.8 Å². The van der Waals surface area contributed by atoms with E-state index in [9.17, 15) is 0 Å². The van der Waals surface area contributed by atoms with E-state index in [2.05, 4.69) is 54.1 Å². The Bertz CT molecular complexity index is 478. The van der Waals surface area contributed by atoms with E-state index in [0.29, 0.717) is 17.8 Å². The smallest absolute Gasteiger partial charge is 0.193 e. The lowest BCUT2D eigenvalue weighted by Gasteiger charge is -2.32. The van der Waals surface area contributed by atoms with Crippen LogP contribution in [0.5, 0.6) is 0 Å². The summed E-state index contributed by atoms with van der Waals surface area (Å²) >= 11 is 1.66. The second kappa shape index (κ2) is 6.03. The van der Waals surface area contributed by atoms with Gasteiger partial charge in [0, 0.05) is 30.2 Å². The van der Waals surface area contributed by atoms with Gasteiger partial charge in [0.25, 0.3) is 0 Å². The van der Waals surface area contributed by atoms with Crippen LogP contribution >= 0.6 is 11.3 Å². The zero-order chi connectivity index (χ0) is 14.0. The van der Waals surface area contributed by atoms with Gasteiger partial charge in [-0.25, -0.2) is 4.98 Å². The molecular weight excluding hydrogens is 256 g/mol. The van der Waals surface area contributed by atoms with Crippen LogP contribution in [-0.2, 0) is 6.42 Å². The van der Waals surface area contributed by atoms with Crippen molar-refractivity contribution < 1.29 is 0 Å². The molecule has 0 bridgehead atoms. The molecule has 0 aliphatic carbocycles.